The minimum absolute atomic E-state index is 0.185. The van der Waals surface area contributed by atoms with E-state index in [-0.39, 0.29) is 11.7 Å². The summed E-state index contributed by atoms with van der Waals surface area (Å²) in [6, 6.07) is 9.35. The molecule has 4 rings (SSSR count). The molecule has 0 unspecified atom stereocenters. The van der Waals surface area contributed by atoms with Gasteiger partial charge in [0.2, 0.25) is 11.7 Å². The van der Waals surface area contributed by atoms with Crippen LogP contribution in [0.2, 0.25) is 0 Å². The van der Waals surface area contributed by atoms with Gasteiger partial charge in [-0.2, -0.15) is 4.98 Å². The number of nitrogens with zero attached hydrogens (tertiary/aromatic N) is 4. The third kappa shape index (κ3) is 3.78. The molecule has 1 aromatic carbocycles. The van der Waals surface area contributed by atoms with Crippen LogP contribution in [0.15, 0.2) is 47.2 Å². The molecule has 0 aliphatic carbocycles. The molecular formula is C20H22N4O3. The minimum atomic E-state index is 0.185. The fraction of sp³-hybridized carbons (Fsp3) is 0.350. The Morgan fingerprint density at radius 2 is 2.22 bits per heavy atom. The maximum absolute atomic E-state index is 10.3. The topological polar surface area (TPSA) is 84.5 Å². The van der Waals surface area contributed by atoms with E-state index in [0.717, 1.165) is 37.1 Å². The van der Waals surface area contributed by atoms with Gasteiger partial charge in [0.1, 0.15) is 0 Å². The Morgan fingerprint density at radius 1 is 1.30 bits per heavy atom. The van der Waals surface area contributed by atoms with Crippen LogP contribution in [0, 0.1) is 0 Å². The average Bonchev–Trinajstić information content (AvgIpc) is 3.21. The molecule has 0 saturated carbocycles. The smallest absolute Gasteiger partial charge is 0.231 e. The maximum atomic E-state index is 10.3. The molecule has 0 spiro atoms. The van der Waals surface area contributed by atoms with Gasteiger partial charge in [-0.1, -0.05) is 17.3 Å². The second-order valence-electron chi connectivity index (χ2n) is 6.74. The number of hydrogen-bond acceptors (Lipinski definition) is 7. The summed E-state index contributed by atoms with van der Waals surface area (Å²) in [6.07, 6.45) is 5.50. The number of pyridine rings is 1. The van der Waals surface area contributed by atoms with Crippen LogP contribution in [0.25, 0.3) is 11.4 Å². The Bertz CT molecular complexity index is 897. The highest BCUT2D eigenvalue weighted by Gasteiger charge is 2.27. The molecular weight excluding hydrogens is 344 g/mol. The first-order valence-electron chi connectivity index (χ1n) is 9.06. The second-order valence-corrected chi connectivity index (χ2v) is 6.74. The summed E-state index contributed by atoms with van der Waals surface area (Å²) >= 11 is 0. The van der Waals surface area contributed by atoms with Crippen LogP contribution in [0.3, 0.4) is 0 Å². The van der Waals surface area contributed by atoms with Crippen LogP contribution in [0.5, 0.6) is 11.5 Å². The predicted octanol–water partition coefficient (Wildman–Crippen LogP) is 3.23. The first-order valence-corrected chi connectivity index (χ1v) is 9.06. The molecule has 1 aliphatic heterocycles. The lowest BCUT2D eigenvalue weighted by Crippen LogP contribution is -2.34. The average molecular weight is 366 g/mol. The molecule has 3 heterocycles. The number of likely N-dealkylation sites (tertiary alicyclic amines) is 1. The summed E-state index contributed by atoms with van der Waals surface area (Å²) in [5.74, 6) is 2.12. The van der Waals surface area contributed by atoms with Crippen molar-refractivity contribution in [1.29, 1.82) is 0 Å². The molecule has 2 aromatic heterocycles. The second kappa shape index (κ2) is 7.75. The normalized spacial score (nSPS) is 17.7. The van der Waals surface area contributed by atoms with E-state index in [4.69, 9.17) is 9.26 Å². The Balaban J connectivity index is 1.47. The molecule has 1 aliphatic rings. The first kappa shape index (κ1) is 17.5. The number of para-hydroxylation sites is 1. The predicted molar refractivity (Wildman–Crippen MR) is 99.4 cm³/mol. The number of piperidine rings is 1. The molecule has 0 bridgehead atoms. The van der Waals surface area contributed by atoms with Crippen molar-refractivity contribution in [1.82, 2.24) is 20.0 Å². The standard InChI is InChI=1S/C20H22N4O3/c1-26-17-8-2-5-15(18(17)25)12-24-10-4-7-16(13-24)20-22-19(23-27-20)14-6-3-9-21-11-14/h2-3,5-6,8-9,11,16,25H,4,7,10,12-13H2,1H3/t16-/m0/s1. The van der Waals surface area contributed by atoms with Crippen LogP contribution >= 0.6 is 0 Å². The highest BCUT2D eigenvalue weighted by molar-refractivity contribution is 5.52. The molecule has 1 saturated heterocycles. The summed E-state index contributed by atoms with van der Waals surface area (Å²) in [5.41, 5.74) is 1.71. The fourth-order valence-corrected chi connectivity index (χ4v) is 3.52. The van der Waals surface area contributed by atoms with Gasteiger partial charge >= 0.3 is 0 Å². The van der Waals surface area contributed by atoms with Crippen LogP contribution in [-0.4, -0.2) is 45.3 Å². The van der Waals surface area contributed by atoms with Crippen LogP contribution in [0.4, 0.5) is 0 Å². The fourth-order valence-electron chi connectivity index (χ4n) is 3.52. The minimum Gasteiger partial charge on any atom is -0.504 e. The van der Waals surface area contributed by atoms with Crippen LogP contribution in [0.1, 0.15) is 30.2 Å². The SMILES string of the molecule is COc1cccc(CN2CCC[C@H](c3nc(-c4cccnc4)no3)C2)c1O. The summed E-state index contributed by atoms with van der Waals surface area (Å²) in [4.78, 5) is 11.0. The number of hydrogen-bond donors (Lipinski definition) is 1. The number of phenols is 1. The van der Waals surface area contributed by atoms with Crippen molar-refractivity contribution in [2.75, 3.05) is 20.2 Å². The number of methoxy groups -OCH3 is 1. The van der Waals surface area contributed by atoms with Crippen molar-refractivity contribution >= 4 is 0 Å². The molecule has 1 N–H and O–H groups in total. The highest BCUT2D eigenvalue weighted by atomic mass is 16.5. The summed E-state index contributed by atoms with van der Waals surface area (Å²) in [7, 11) is 1.56. The molecule has 1 atom stereocenters. The van der Waals surface area contributed by atoms with E-state index < -0.39 is 0 Å². The number of aromatic hydroxyl groups is 1. The summed E-state index contributed by atoms with van der Waals surface area (Å²) in [5, 5.41) is 14.4. The van der Waals surface area contributed by atoms with Gasteiger partial charge in [0.25, 0.3) is 0 Å². The number of benzene rings is 1. The Hall–Kier alpha value is -2.93. The first-order chi connectivity index (χ1) is 13.2. The quantitative estimate of drug-likeness (QED) is 0.742. The van der Waals surface area contributed by atoms with Gasteiger partial charge in [-0.25, -0.2) is 0 Å². The van der Waals surface area contributed by atoms with Gasteiger partial charge in [0, 0.05) is 36.6 Å². The molecule has 0 radical (unpaired) electrons. The van der Waals surface area contributed by atoms with E-state index in [1.165, 1.54) is 0 Å². The molecule has 1 fully saturated rings. The Labute approximate surface area is 157 Å². The van der Waals surface area contributed by atoms with Crippen molar-refractivity contribution in [2.45, 2.75) is 25.3 Å². The van der Waals surface area contributed by atoms with Crippen molar-refractivity contribution in [3.05, 3.63) is 54.2 Å². The van der Waals surface area contributed by atoms with Gasteiger partial charge < -0.3 is 14.4 Å². The molecule has 27 heavy (non-hydrogen) atoms. The van der Waals surface area contributed by atoms with E-state index >= 15 is 0 Å². The molecule has 3 aromatic rings. The van der Waals surface area contributed by atoms with Gasteiger partial charge in [0.15, 0.2) is 11.5 Å². The van der Waals surface area contributed by atoms with Crippen molar-refractivity contribution in [3.63, 3.8) is 0 Å². The third-order valence-corrected chi connectivity index (χ3v) is 4.91. The third-order valence-electron chi connectivity index (χ3n) is 4.91. The Morgan fingerprint density at radius 3 is 3.04 bits per heavy atom. The number of phenolic OH excluding ortho intramolecular Hbond substituents is 1. The molecule has 140 valence electrons. The number of aromatic nitrogens is 3. The van der Waals surface area contributed by atoms with Crippen molar-refractivity contribution in [3.8, 4) is 22.9 Å². The lowest BCUT2D eigenvalue weighted by molar-refractivity contribution is 0.178. The number of ether oxygens (including phenoxy) is 1. The van der Waals surface area contributed by atoms with Gasteiger partial charge in [-0.3, -0.25) is 9.88 Å². The molecule has 0 amide bonds. The highest BCUT2D eigenvalue weighted by Crippen LogP contribution is 2.33. The molecule has 7 heteroatoms. The van der Waals surface area contributed by atoms with E-state index in [2.05, 4.69) is 20.0 Å². The van der Waals surface area contributed by atoms with Gasteiger partial charge in [0.05, 0.1) is 13.0 Å². The lowest BCUT2D eigenvalue weighted by atomic mass is 9.97. The van der Waals surface area contributed by atoms with Crippen LogP contribution < -0.4 is 4.74 Å². The summed E-state index contributed by atoms with van der Waals surface area (Å²) < 4.78 is 10.7. The number of rotatable bonds is 5. The lowest BCUT2D eigenvalue weighted by Gasteiger charge is -2.31. The van der Waals surface area contributed by atoms with E-state index in [0.29, 0.717) is 24.0 Å². The monoisotopic (exact) mass is 366 g/mol. The van der Waals surface area contributed by atoms with Crippen molar-refractivity contribution in [2.24, 2.45) is 0 Å². The largest absolute Gasteiger partial charge is 0.504 e. The zero-order valence-electron chi connectivity index (χ0n) is 15.2. The molecule has 7 nitrogen and oxygen atoms in total. The summed E-state index contributed by atoms with van der Waals surface area (Å²) in [6.45, 7) is 2.44. The van der Waals surface area contributed by atoms with E-state index in [1.54, 1.807) is 25.6 Å². The zero-order chi connectivity index (χ0) is 18.6. The van der Waals surface area contributed by atoms with Gasteiger partial charge in [-0.05, 0) is 37.6 Å². The van der Waals surface area contributed by atoms with Gasteiger partial charge in [-0.15, -0.1) is 0 Å². The zero-order valence-corrected chi connectivity index (χ0v) is 15.2. The maximum Gasteiger partial charge on any atom is 0.231 e. The van der Waals surface area contributed by atoms with E-state index in [9.17, 15) is 5.11 Å². The Kier molecular flexibility index (Phi) is 5.02. The van der Waals surface area contributed by atoms with Crippen LogP contribution in [-0.2, 0) is 6.54 Å². The van der Waals surface area contributed by atoms with E-state index in [1.807, 2.05) is 24.3 Å². The van der Waals surface area contributed by atoms with Crippen molar-refractivity contribution < 1.29 is 14.4 Å².